The lowest BCUT2D eigenvalue weighted by Gasteiger charge is -2.24. The third-order valence-corrected chi connectivity index (χ3v) is 11.1. The van der Waals surface area contributed by atoms with Gasteiger partial charge in [-0.15, -0.1) is 0 Å². The molecule has 0 spiro atoms. The van der Waals surface area contributed by atoms with E-state index in [1.165, 1.54) is 21.5 Å². The van der Waals surface area contributed by atoms with Crippen molar-refractivity contribution < 1.29 is 4.42 Å². The molecule has 4 heteroatoms. The average molecular weight is 730 g/mol. The predicted octanol–water partition coefficient (Wildman–Crippen LogP) is 13.4. The maximum absolute atomic E-state index is 6.74. The highest BCUT2D eigenvalue weighted by atomic mass is 16.3. The van der Waals surface area contributed by atoms with Crippen molar-refractivity contribution in [2.45, 2.75) is 6.17 Å². The Hall–Kier alpha value is -7.56. The number of aliphatic imine (C=N–C) groups is 2. The van der Waals surface area contributed by atoms with Crippen LogP contribution in [0.1, 0.15) is 22.9 Å². The van der Waals surface area contributed by atoms with Gasteiger partial charge in [-0.2, -0.15) is 0 Å². The van der Waals surface area contributed by atoms with Crippen LogP contribution in [0, 0.1) is 0 Å². The quantitative estimate of drug-likeness (QED) is 0.185. The molecule has 9 aromatic carbocycles. The van der Waals surface area contributed by atoms with E-state index in [4.69, 9.17) is 14.4 Å². The van der Waals surface area contributed by atoms with E-state index in [-0.39, 0.29) is 0 Å². The van der Waals surface area contributed by atoms with Crippen LogP contribution in [0.25, 0.3) is 76.9 Å². The second-order valence-electron chi connectivity index (χ2n) is 14.6. The Labute approximate surface area is 330 Å². The molecule has 2 heterocycles. The Bertz CT molecular complexity index is 3210. The molecule has 1 N–H and O–H groups in total. The van der Waals surface area contributed by atoms with Gasteiger partial charge in [0.05, 0.1) is 0 Å². The second kappa shape index (κ2) is 13.6. The van der Waals surface area contributed by atoms with Gasteiger partial charge in [0.2, 0.25) is 0 Å². The first-order valence-electron chi connectivity index (χ1n) is 19.3. The molecule has 0 amide bonds. The van der Waals surface area contributed by atoms with Crippen LogP contribution in [0.15, 0.2) is 215 Å². The molecule has 1 unspecified atom stereocenters. The van der Waals surface area contributed by atoms with Crippen LogP contribution in [0.4, 0.5) is 0 Å². The number of hydrogen-bond donors (Lipinski definition) is 1. The van der Waals surface area contributed by atoms with E-state index < -0.39 is 6.17 Å². The zero-order valence-electron chi connectivity index (χ0n) is 30.9. The molecule has 1 atom stereocenters. The van der Waals surface area contributed by atoms with Gasteiger partial charge in [0.25, 0.3) is 0 Å². The van der Waals surface area contributed by atoms with Crippen molar-refractivity contribution in [1.29, 1.82) is 0 Å². The van der Waals surface area contributed by atoms with Crippen LogP contribution in [0.3, 0.4) is 0 Å². The minimum atomic E-state index is -0.506. The molecular weight excluding hydrogens is 695 g/mol. The molecule has 1 aliphatic rings. The summed E-state index contributed by atoms with van der Waals surface area (Å²) in [5.41, 5.74) is 11.4. The molecule has 0 saturated carbocycles. The van der Waals surface area contributed by atoms with Gasteiger partial charge in [-0.25, -0.2) is 9.98 Å². The summed E-state index contributed by atoms with van der Waals surface area (Å²) in [6.45, 7) is 0. The number of furan rings is 1. The Balaban J connectivity index is 1.11. The predicted molar refractivity (Wildman–Crippen MR) is 237 cm³/mol. The summed E-state index contributed by atoms with van der Waals surface area (Å²) in [7, 11) is 0. The molecule has 1 aliphatic heterocycles. The van der Waals surface area contributed by atoms with Crippen molar-refractivity contribution in [1.82, 2.24) is 5.32 Å². The van der Waals surface area contributed by atoms with Gasteiger partial charge in [-0.3, -0.25) is 0 Å². The second-order valence-corrected chi connectivity index (χ2v) is 14.6. The molecule has 268 valence electrons. The smallest absolute Gasteiger partial charge is 0.169 e. The van der Waals surface area contributed by atoms with E-state index >= 15 is 0 Å². The molecule has 0 bridgehead atoms. The fraction of sp³-hybridized carbons (Fsp3) is 0.0189. The largest absolute Gasteiger partial charge is 0.455 e. The first-order chi connectivity index (χ1) is 28.2. The van der Waals surface area contributed by atoms with Crippen molar-refractivity contribution in [3.63, 3.8) is 0 Å². The Morgan fingerprint density at radius 1 is 0.386 bits per heavy atom. The molecular formula is C53H35N3O. The van der Waals surface area contributed by atoms with Gasteiger partial charge in [-0.05, 0) is 91.3 Å². The van der Waals surface area contributed by atoms with E-state index in [0.29, 0.717) is 0 Å². The SMILES string of the molecule is c1ccc(C2=NC(c3ccc(-c4ccccc4)c(-c4ccc5ccccc5c4)c3)N=C(c3ccc(-c4ccc5ccccc5c4)c4oc5ccccc5c34)N2)cc1. The van der Waals surface area contributed by atoms with Crippen LogP contribution >= 0.6 is 0 Å². The summed E-state index contributed by atoms with van der Waals surface area (Å²) in [6.07, 6.45) is -0.506. The van der Waals surface area contributed by atoms with E-state index in [9.17, 15) is 0 Å². The molecule has 57 heavy (non-hydrogen) atoms. The number of benzene rings is 9. The number of nitrogens with one attached hydrogen (secondary N) is 1. The summed E-state index contributed by atoms with van der Waals surface area (Å²) in [6, 6.07) is 70.6. The highest BCUT2D eigenvalue weighted by molar-refractivity contribution is 6.25. The van der Waals surface area contributed by atoms with Gasteiger partial charge in [-0.1, -0.05) is 164 Å². The topological polar surface area (TPSA) is 49.9 Å². The molecule has 1 aromatic heterocycles. The highest BCUT2D eigenvalue weighted by Gasteiger charge is 2.26. The third-order valence-electron chi connectivity index (χ3n) is 11.1. The molecule has 10 aromatic rings. The molecule has 0 radical (unpaired) electrons. The van der Waals surface area contributed by atoms with Gasteiger partial charge in [0.1, 0.15) is 22.8 Å². The van der Waals surface area contributed by atoms with Gasteiger partial charge in [0.15, 0.2) is 6.17 Å². The molecule has 0 fully saturated rings. The number of rotatable bonds is 6. The molecule has 0 aliphatic carbocycles. The van der Waals surface area contributed by atoms with E-state index in [0.717, 1.165) is 83.7 Å². The first kappa shape index (κ1) is 32.8. The Morgan fingerprint density at radius 3 is 1.67 bits per heavy atom. The maximum Gasteiger partial charge on any atom is 0.169 e. The minimum Gasteiger partial charge on any atom is -0.455 e. The summed E-state index contributed by atoms with van der Waals surface area (Å²) < 4.78 is 6.74. The van der Waals surface area contributed by atoms with E-state index in [1.807, 2.05) is 30.3 Å². The van der Waals surface area contributed by atoms with Crippen molar-refractivity contribution in [3.05, 3.63) is 217 Å². The van der Waals surface area contributed by atoms with Crippen molar-refractivity contribution in [2.75, 3.05) is 0 Å². The highest BCUT2D eigenvalue weighted by Crippen LogP contribution is 2.41. The van der Waals surface area contributed by atoms with Crippen LogP contribution in [0.2, 0.25) is 0 Å². The summed E-state index contributed by atoms with van der Waals surface area (Å²) >= 11 is 0. The van der Waals surface area contributed by atoms with Gasteiger partial charge in [0, 0.05) is 27.5 Å². The van der Waals surface area contributed by atoms with Crippen LogP contribution < -0.4 is 5.32 Å². The summed E-state index contributed by atoms with van der Waals surface area (Å²) in [5.74, 6) is 1.51. The van der Waals surface area contributed by atoms with Gasteiger partial charge >= 0.3 is 0 Å². The van der Waals surface area contributed by atoms with Crippen molar-refractivity contribution in [2.24, 2.45) is 9.98 Å². The third kappa shape index (κ3) is 5.87. The van der Waals surface area contributed by atoms with Crippen LogP contribution in [-0.2, 0) is 0 Å². The monoisotopic (exact) mass is 729 g/mol. The zero-order chi connectivity index (χ0) is 37.7. The standard InChI is InChI=1S/C53H35N3O/c1-3-15-36(16-4-1)43-28-27-42(33-47(43)41-26-24-35-14-8-10-20-39(35)32-41)52-54-51(37-17-5-2-6-18-37)55-53(56-52)46-30-29-44(40-25-23-34-13-7-9-19-38(34)31-40)50-49(46)45-21-11-12-22-48(45)57-50/h1-33,52H,(H,54,55,56). The van der Waals surface area contributed by atoms with E-state index in [1.54, 1.807) is 0 Å². The number of hydrogen-bond acceptors (Lipinski definition) is 4. The van der Waals surface area contributed by atoms with Crippen molar-refractivity contribution in [3.8, 4) is 33.4 Å². The van der Waals surface area contributed by atoms with Crippen LogP contribution in [-0.4, -0.2) is 11.7 Å². The lowest BCUT2D eigenvalue weighted by atomic mass is 9.91. The Kier molecular flexibility index (Phi) is 7.85. The number of fused-ring (bicyclic) bond motifs is 5. The number of amidine groups is 2. The van der Waals surface area contributed by atoms with Crippen molar-refractivity contribution >= 4 is 55.2 Å². The number of para-hydroxylation sites is 1. The first-order valence-corrected chi connectivity index (χ1v) is 19.3. The maximum atomic E-state index is 6.74. The van der Waals surface area contributed by atoms with E-state index in [2.05, 4.69) is 175 Å². The summed E-state index contributed by atoms with van der Waals surface area (Å²) in [4.78, 5) is 10.7. The fourth-order valence-corrected chi connectivity index (χ4v) is 8.28. The molecule has 11 rings (SSSR count). The fourth-order valence-electron chi connectivity index (χ4n) is 8.28. The normalized spacial score (nSPS) is 14.1. The zero-order valence-corrected chi connectivity index (χ0v) is 30.9. The van der Waals surface area contributed by atoms with Crippen LogP contribution in [0.5, 0.6) is 0 Å². The van der Waals surface area contributed by atoms with Gasteiger partial charge < -0.3 is 9.73 Å². The lowest BCUT2D eigenvalue weighted by molar-refractivity contribution is 0.670. The molecule has 0 saturated heterocycles. The summed E-state index contributed by atoms with van der Waals surface area (Å²) in [5, 5.41) is 10.6. The number of nitrogens with zero attached hydrogens (tertiary/aromatic N) is 2. The lowest BCUT2D eigenvalue weighted by Crippen LogP contribution is -2.36. The minimum absolute atomic E-state index is 0.506. The Morgan fingerprint density at radius 2 is 0.947 bits per heavy atom. The molecule has 4 nitrogen and oxygen atoms in total. The average Bonchev–Trinajstić information content (AvgIpc) is 3.68.